The molecule has 0 aliphatic heterocycles. The Kier molecular flexibility index (Phi) is 5.33. The van der Waals surface area contributed by atoms with Crippen LogP contribution in [-0.4, -0.2) is 15.0 Å². The van der Waals surface area contributed by atoms with Gasteiger partial charge in [-0.3, -0.25) is 0 Å². The first kappa shape index (κ1) is 19.8. The molecule has 0 bridgehead atoms. The van der Waals surface area contributed by atoms with E-state index in [1.807, 2.05) is 18.2 Å². The van der Waals surface area contributed by atoms with Gasteiger partial charge in [0.15, 0.2) is 17.5 Å². The average molecular weight is 392 g/mol. The van der Waals surface area contributed by atoms with Gasteiger partial charge in [-0.2, -0.15) is 0 Å². The first-order valence-electron chi connectivity index (χ1n) is 10.3. The van der Waals surface area contributed by atoms with Crippen molar-refractivity contribution in [3.05, 3.63) is 95.2 Å². The van der Waals surface area contributed by atoms with Crippen LogP contribution >= 0.6 is 0 Å². The molecule has 2 aromatic carbocycles. The molecule has 1 aliphatic rings. The maximum Gasteiger partial charge on any atom is 0.164 e. The monoisotopic (exact) mass is 391 g/mol. The summed E-state index contributed by atoms with van der Waals surface area (Å²) < 4.78 is 0. The number of hydrogen-bond donors (Lipinski definition) is 0. The van der Waals surface area contributed by atoms with Crippen LogP contribution < -0.4 is 0 Å². The lowest BCUT2D eigenvalue weighted by Crippen LogP contribution is -2.15. The molecule has 148 valence electrons. The molecule has 0 spiro atoms. The third-order valence-electron chi connectivity index (χ3n) is 5.67. The molecule has 0 radical (unpaired) electrons. The summed E-state index contributed by atoms with van der Waals surface area (Å²) in [6.45, 7) is 8.82. The fourth-order valence-corrected chi connectivity index (χ4v) is 3.23. The van der Waals surface area contributed by atoms with E-state index in [1.54, 1.807) is 0 Å². The van der Waals surface area contributed by atoms with Crippen LogP contribution in [0.5, 0.6) is 0 Å². The summed E-state index contributed by atoms with van der Waals surface area (Å²) in [5.41, 5.74) is 11.4. The third-order valence-corrected chi connectivity index (χ3v) is 5.67. The zero-order valence-electron chi connectivity index (χ0n) is 17.9. The Morgan fingerprint density at radius 1 is 0.767 bits per heavy atom. The number of benzene rings is 2. The van der Waals surface area contributed by atoms with Crippen LogP contribution in [-0.2, 0) is 5.41 Å². The minimum absolute atomic E-state index is 0.145. The standard InChI is InChI=1S/C27H25N3/c1-5-27(3,4)23-17-15-22(16-18-23)26-29-24(20-9-7-6-8-10-20)28-25(30-26)21-13-11-19(2)12-14-21/h7,9-18H,5H2,1-4H3. The highest BCUT2D eigenvalue weighted by Gasteiger charge is 2.18. The van der Waals surface area contributed by atoms with Crippen LogP contribution in [0.3, 0.4) is 0 Å². The number of aromatic nitrogens is 3. The van der Waals surface area contributed by atoms with Gasteiger partial charge in [0.1, 0.15) is 0 Å². The van der Waals surface area contributed by atoms with Gasteiger partial charge >= 0.3 is 0 Å². The van der Waals surface area contributed by atoms with Crippen molar-refractivity contribution in [2.45, 2.75) is 39.5 Å². The van der Waals surface area contributed by atoms with E-state index in [2.05, 4.69) is 87.7 Å². The van der Waals surface area contributed by atoms with Crippen molar-refractivity contribution in [3.63, 3.8) is 0 Å². The Morgan fingerprint density at radius 2 is 1.33 bits per heavy atom. The van der Waals surface area contributed by atoms with Crippen LogP contribution in [0.1, 0.15) is 44.1 Å². The zero-order chi connectivity index (χ0) is 21.1. The summed E-state index contributed by atoms with van der Waals surface area (Å²) in [6, 6.07) is 16.8. The normalized spacial score (nSPS) is 12.9. The fourth-order valence-electron chi connectivity index (χ4n) is 3.23. The van der Waals surface area contributed by atoms with E-state index in [0.29, 0.717) is 17.5 Å². The second-order valence-electron chi connectivity index (χ2n) is 8.21. The molecule has 1 aromatic heterocycles. The lowest BCUT2D eigenvalue weighted by Gasteiger charge is -2.23. The van der Waals surface area contributed by atoms with Crippen LogP contribution in [0.25, 0.3) is 28.3 Å². The lowest BCUT2D eigenvalue weighted by molar-refractivity contribution is 0.506. The lowest BCUT2D eigenvalue weighted by atomic mass is 9.82. The van der Waals surface area contributed by atoms with E-state index in [0.717, 1.165) is 23.1 Å². The van der Waals surface area contributed by atoms with Crippen LogP contribution in [0.2, 0.25) is 0 Å². The molecule has 0 atom stereocenters. The van der Waals surface area contributed by atoms with E-state index >= 15 is 0 Å². The summed E-state index contributed by atoms with van der Waals surface area (Å²) in [7, 11) is 0. The van der Waals surface area contributed by atoms with Crippen molar-refractivity contribution in [3.8, 4) is 22.8 Å². The maximum absolute atomic E-state index is 4.80. The highest BCUT2D eigenvalue weighted by atomic mass is 15.0. The molecule has 1 heterocycles. The molecule has 3 heteroatoms. The Hall–Kier alpha value is -3.51. The molecule has 3 aromatic rings. The highest BCUT2D eigenvalue weighted by Crippen LogP contribution is 2.29. The van der Waals surface area contributed by atoms with Gasteiger partial charge in [0, 0.05) is 16.7 Å². The SMILES string of the molecule is CCC(C)(C)c1ccc(-c2nc(C3=CC=C=C=C3)nc(-c3ccc(C)cc3)n2)cc1. The summed E-state index contributed by atoms with van der Waals surface area (Å²) in [4.78, 5) is 14.3. The first-order chi connectivity index (χ1) is 14.5. The third kappa shape index (κ3) is 4.09. The molecule has 0 N–H and O–H groups in total. The number of hydrogen-bond acceptors (Lipinski definition) is 3. The molecule has 0 fully saturated rings. The summed E-state index contributed by atoms with van der Waals surface area (Å²) in [5, 5.41) is 0. The number of rotatable bonds is 5. The summed E-state index contributed by atoms with van der Waals surface area (Å²) in [6.07, 6.45) is 6.71. The average Bonchev–Trinajstić information content (AvgIpc) is 2.80. The number of aryl methyl sites for hydroxylation is 1. The van der Waals surface area contributed by atoms with Gasteiger partial charge in [0.2, 0.25) is 0 Å². The van der Waals surface area contributed by atoms with Crippen LogP contribution in [0, 0.1) is 6.92 Å². The molecule has 0 saturated carbocycles. The van der Waals surface area contributed by atoms with Crippen LogP contribution in [0.4, 0.5) is 0 Å². The van der Waals surface area contributed by atoms with Gasteiger partial charge in [-0.05, 0) is 42.6 Å². The summed E-state index contributed by atoms with van der Waals surface area (Å²) >= 11 is 0. The van der Waals surface area contributed by atoms with Gasteiger partial charge < -0.3 is 0 Å². The molecule has 0 saturated heterocycles. The molecular weight excluding hydrogens is 366 g/mol. The molecule has 0 amide bonds. The molecule has 0 unspecified atom stereocenters. The molecule has 4 rings (SSSR count). The Balaban J connectivity index is 1.81. The Morgan fingerprint density at radius 3 is 1.87 bits per heavy atom. The second kappa shape index (κ2) is 8.08. The minimum Gasteiger partial charge on any atom is -0.208 e. The number of nitrogens with zero attached hydrogens (tertiary/aromatic N) is 3. The topological polar surface area (TPSA) is 38.7 Å². The van der Waals surface area contributed by atoms with Crippen molar-refractivity contribution in [2.75, 3.05) is 0 Å². The predicted molar refractivity (Wildman–Crippen MR) is 123 cm³/mol. The molecule has 1 aliphatic carbocycles. The van der Waals surface area contributed by atoms with Gasteiger partial charge in [0.05, 0.1) is 0 Å². The minimum atomic E-state index is 0.145. The quantitative estimate of drug-likeness (QED) is 0.468. The molecule has 30 heavy (non-hydrogen) atoms. The van der Waals surface area contributed by atoms with Crippen molar-refractivity contribution in [2.24, 2.45) is 0 Å². The zero-order valence-corrected chi connectivity index (χ0v) is 17.9. The maximum atomic E-state index is 4.80. The van der Waals surface area contributed by atoms with E-state index in [9.17, 15) is 0 Å². The largest absolute Gasteiger partial charge is 0.208 e. The Bertz CT molecular complexity index is 1200. The van der Waals surface area contributed by atoms with Crippen molar-refractivity contribution in [1.82, 2.24) is 15.0 Å². The Labute approximate surface area is 178 Å². The first-order valence-corrected chi connectivity index (χ1v) is 10.3. The van der Waals surface area contributed by atoms with Gasteiger partial charge in [0.25, 0.3) is 0 Å². The smallest absolute Gasteiger partial charge is 0.164 e. The number of allylic oxidation sites excluding steroid dienone is 4. The molecular formula is C27H25N3. The van der Waals surface area contributed by atoms with Gasteiger partial charge in [-0.25, -0.2) is 15.0 Å². The van der Waals surface area contributed by atoms with Gasteiger partial charge in [-0.1, -0.05) is 86.3 Å². The van der Waals surface area contributed by atoms with E-state index < -0.39 is 0 Å². The van der Waals surface area contributed by atoms with E-state index in [1.165, 1.54) is 11.1 Å². The van der Waals surface area contributed by atoms with Crippen molar-refractivity contribution < 1.29 is 0 Å². The van der Waals surface area contributed by atoms with Crippen LogP contribution in [0.15, 0.2) is 78.2 Å². The highest BCUT2D eigenvalue weighted by molar-refractivity contribution is 5.74. The van der Waals surface area contributed by atoms with Crippen molar-refractivity contribution >= 4 is 5.57 Å². The molecule has 3 nitrogen and oxygen atoms in total. The van der Waals surface area contributed by atoms with E-state index in [4.69, 9.17) is 15.0 Å². The fraction of sp³-hybridized carbons (Fsp3) is 0.222. The van der Waals surface area contributed by atoms with Gasteiger partial charge in [-0.15, -0.1) is 0 Å². The second-order valence-corrected chi connectivity index (χ2v) is 8.21. The van der Waals surface area contributed by atoms with E-state index in [-0.39, 0.29) is 5.41 Å². The summed E-state index contributed by atoms with van der Waals surface area (Å²) in [5.74, 6) is 1.98. The van der Waals surface area contributed by atoms with Crippen molar-refractivity contribution in [1.29, 1.82) is 0 Å². The predicted octanol–water partition coefficient (Wildman–Crippen LogP) is 6.47.